The Kier molecular flexibility index (Phi) is 4.26. The van der Waals surface area contributed by atoms with E-state index in [2.05, 4.69) is 118 Å². The summed E-state index contributed by atoms with van der Waals surface area (Å²) in [4.78, 5) is 0. The minimum Gasteiger partial charge on any atom is -0.309 e. The third-order valence-corrected chi connectivity index (χ3v) is 10.1. The number of hydrogen-bond acceptors (Lipinski definition) is 1. The molecule has 0 aliphatic heterocycles. The second-order valence-corrected chi connectivity index (χ2v) is 12.5. The molecule has 0 atom stereocenters. The highest BCUT2D eigenvalue weighted by Gasteiger charge is 2.19. The van der Waals surface area contributed by atoms with Crippen LogP contribution in [-0.2, 0) is 0 Å². The third-order valence-electron chi connectivity index (χ3n) is 9.00. The first-order valence-corrected chi connectivity index (χ1v) is 15.8. The van der Waals surface area contributed by atoms with Crippen LogP contribution in [0, 0.1) is 0 Å². The minimum atomic E-state index is -0.389. The highest BCUT2D eigenvalue weighted by Crippen LogP contribution is 2.43. The summed E-state index contributed by atoms with van der Waals surface area (Å²) in [6.07, 6.45) is 0. The second kappa shape index (κ2) is 9.43. The van der Waals surface area contributed by atoms with Crippen LogP contribution in [0.3, 0.4) is 0 Å². The fourth-order valence-corrected chi connectivity index (χ4v) is 8.21. The van der Waals surface area contributed by atoms with Gasteiger partial charge in [0.05, 0.1) is 34.6 Å². The molecule has 210 valence electrons. The van der Waals surface area contributed by atoms with E-state index in [9.17, 15) is 0 Å². The summed E-state index contributed by atoms with van der Waals surface area (Å²) in [7, 11) is 0. The molecule has 0 aliphatic carbocycles. The topological polar surface area (TPSA) is 9.86 Å². The lowest BCUT2D eigenvalue weighted by Crippen LogP contribution is -1.97. The van der Waals surface area contributed by atoms with Gasteiger partial charge in [-0.25, -0.2) is 0 Å². The minimum absolute atomic E-state index is 0.199. The predicted molar refractivity (Wildman–Crippen MR) is 193 cm³/mol. The van der Waals surface area contributed by atoms with E-state index in [1.807, 2.05) is 18.2 Å². The smallest absolute Gasteiger partial charge is 0.0629 e. The fraction of sp³-hybridized carbons (Fsp3) is 0. The first-order valence-electron chi connectivity index (χ1n) is 17.5. The molecule has 3 heterocycles. The highest BCUT2D eigenvalue weighted by atomic mass is 32.1. The van der Waals surface area contributed by atoms with Crippen LogP contribution in [0.15, 0.2) is 158 Å². The van der Waals surface area contributed by atoms with E-state index in [1.165, 1.54) is 10.8 Å². The highest BCUT2D eigenvalue weighted by molar-refractivity contribution is 7.25. The SMILES string of the molecule is [2H]c1c([2H])c([2H])c(-c2ccc3sc4cccc(-n5c6ccccc6c6ccc(-n7c8ccccc8c8ccccc87)cc65)c4c3c2)c([2H])c1[2H]. The van der Waals surface area contributed by atoms with Crippen LogP contribution in [0.1, 0.15) is 6.85 Å². The lowest BCUT2D eigenvalue weighted by Gasteiger charge is -2.13. The second-order valence-electron chi connectivity index (χ2n) is 11.4. The van der Waals surface area contributed by atoms with Gasteiger partial charge in [0.1, 0.15) is 0 Å². The van der Waals surface area contributed by atoms with Gasteiger partial charge in [0, 0.05) is 47.4 Å². The van der Waals surface area contributed by atoms with Crippen LogP contribution < -0.4 is 0 Å². The summed E-state index contributed by atoms with van der Waals surface area (Å²) in [5, 5.41) is 6.79. The normalized spacial score (nSPS) is 13.6. The summed E-state index contributed by atoms with van der Waals surface area (Å²) in [6, 6.07) is 43.1. The van der Waals surface area contributed by atoms with Crippen molar-refractivity contribution in [2.45, 2.75) is 0 Å². The number of hydrogen-bond donors (Lipinski definition) is 0. The Bertz CT molecular complexity index is 2980. The predicted octanol–water partition coefficient (Wildman–Crippen LogP) is 11.9. The Morgan fingerprint density at radius 1 is 0.444 bits per heavy atom. The summed E-state index contributed by atoms with van der Waals surface area (Å²) in [6.45, 7) is 0. The quantitative estimate of drug-likeness (QED) is 0.192. The zero-order valence-electron chi connectivity index (χ0n) is 28.9. The van der Waals surface area contributed by atoms with Crippen LogP contribution in [-0.4, -0.2) is 9.13 Å². The van der Waals surface area contributed by atoms with Crippen LogP contribution in [0.5, 0.6) is 0 Å². The van der Waals surface area contributed by atoms with Crippen molar-refractivity contribution in [2.75, 3.05) is 0 Å². The molecule has 0 bridgehead atoms. The number of benzene rings is 7. The number of aromatic nitrogens is 2. The van der Waals surface area contributed by atoms with Gasteiger partial charge < -0.3 is 9.13 Å². The summed E-state index contributed by atoms with van der Waals surface area (Å²) < 4.78 is 48.8. The van der Waals surface area contributed by atoms with Crippen molar-refractivity contribution < 1.29 is 6.85 Å². The first kappa shape index (κ1) is 20.3. The molecule has 2 nitrogen and oxygen atoms in total. The molecule has 0 fully saturated rings. The Balaban J connectivity index is 1.28. The summed E-state index contributed by atoms with van der Waals surface area (Å²) in [5.74, 6) is 0. The maximum atomic E-state index is 8.65. The van der Waals surface area contributed by atoms with Crippen molar-refractivity contribution >= 4 is 75.1 Å². The molecule has 10 aromatic rings. The van der Waals surface area contributed by atoms with Crippen LogP contribution in [0.2, 0.25) is 0 Å². The molecular formula is C42H26N2S. The van der Waals surface area contributed by atoms with Crippen LogP contribution in [0.25, 0.3) is 86.3 Å². The van der Waals surface area contributed by atoms with E-state index in [0.29, 0.717) is 5.56 Å². The van der Waals surface area contributed by atoms with E-state index in [1.54, 1.807) is 11.3 Å². The lowest BCUT2D eigenvalue weighted by molar-refractivity contribution is 1.16. The third kappa shape index (κ3) is 3.56. The monoisotopic (exact) mass is 595 g/mol. The van der Waals surface area contributed by atoms with Crippen LogP contribution in [0.4, 0.5) is 0 Å². The Labute approximate surface area is 270 Å². The van der Waals surface area contributed by atoms with Gasteiger partial charge in [0.25, 0.3) is 0 Å². The summed E-state index contributed by atoms with van der Waals surface area (Å²) in [5.41, 5.74) is 7.39. The molecule has 0 spiro atoms. The summed E-state index contributed by atoms with van der Waals surface area (Å²) >= 11 is 1.69. The molecule has 0 saturated carbocycles. The molecule has 7 aromatic carbocycles. The molecule has 0 aliphatic rings. The maximum Gasteiger partial charge on any atom is 0.0629 e. The Morgan fingerprint density at radius 2 is 1.09 bits per heavy atom. The van der Waals surface area contributed by atoms with Crippen molar-refractivity contribution in [1.82, 2.24) is 9.13 Å². The number of rotatable bonds is 3. The molecule has 3 heteroatoms. The lowest BCUT2D eigenvalue weighted by atomic mass is 10.0. The van der Waals surface area contributed by atoms with Crippen molar-refractivity contribution in [3.63, 3.8) is 0 Å². The molecule has 0 amide bonds. The molecule has 3 aromatic heterocycles. The van der Waals surface area contributed by atoms with Gasteiger partial charge in [-0.05, 0) is 65.7 Å². The fourth-order valence-electron chi connectivity index (χ4n) is 7.10. The molecular weight excluding hydrogens is 565 g/mol. The van der Waals surface area contributed by atoms with E-state index < -0.39 is 0 Å². The molecule has 0 unspecified atom stereocenters. The van der Waals surface area contributed by atoms with E-state index in [-0.39, 0.29) is 35.8 Å². The standard InChI is InChI=1S/C42H26N2S/c1-2-11-27(12-3-1)28-21-24-40-34(25-28)42-38(19-10-20-41(42)45-40)44-37-18-9-6-15-32(37)33-23-22-29(26-39(33)44)43-35-16-7-4-13-30(35)31-14-5-8-17-36(31)43/h1-26H/i1D,2D,3D,11D,12D. The van der Waals surface area contributed by atoms with Gasteiger partial charge in [0.15, 0.2) is 0 Å². The zero-order valence-corrected chi connectivity index (χ0v) is 24.7. The molecule has 0 N–H and O–H groups in total. The van der Waals surface area contributed by atoms with Gasteiger partial charge in [-0.2, -0.15) is 0 Å². The Morgan fingerprint density at radius 3 is 1.80 bits per heavy atom. The number of para-hydroxylation sites is 3. The van der Waals surface area contributed by atoms with Crippen molar-refractivity contribution in [1.29, 1.82) is 0 Å². The molecule has 0 saturated heterocycles. The number of fused-ring (bicyclic) bond motifs is 9. The Hall–Kier alpha value is -5.64. The number of thiophene rings is 1. The largest absolute Gasteiger partial charge is 0.309 e. The van der Waals surface area contributed by atoms with Gasteiger partial charge in [0.2, 0.25) is 0 Å². The van der Waals surface area contributed by atoms with Crippen molar-refractivity contribution in [3.8, 4) is 22.5 Å². The van der Waals surface area contributed by atoms with Crippen LogP contribution >= 0.6 is 11.3 Å². The van der Waals surface area contributed by atoms with Gasteiger partial charge in [-0.3, -0.25) is 0 Å². The molecule has 10 rings (SSSR count). The van der Waals surface area contributed by atoms with Gasteiger partial charge in [-0.1, -0.05) is 103 Å². The van der Waals surface area contributed by atoms with E-state index >= 15 is 0 Å². The molecule has 45 heavy (non-hydrogen) atoms. The average molecular weight is 596 g/mol. The van der Waals surface area contributed by atoms with E-state index in [0.717, 1.165) is 64.4 Å². The average Bonchev–Trinajstić information content (AvgIpc) is 3.80. The first-order chi connectivity index (χ1) is 24.4. The van der Waals surface area contributed by atoms with E-state index in [4.69, 9.17) is 6.85 Å². The maximum absolute atomic E-state index is 8.65. The zero-order chi connectivity index (χ0) is 33.8. The van der Waals surface area contributed by atoms with Gasteiger partial charge in [-0.15, -0.1) is 11.3 Å². The van der Waals surface area contributed by atoms with Crippen molar-refractivity contribution in [2.24, 2.45) is 0 Å². The molecule has 0 radical (unpaired) electrons. The number of nitrogens with zero attached hydrogens (tertiary/aromatic N) is 2. The van der Waals surface area contributed by atoms with Crippen molar-refractivity contribution in [3.05, 3.63) is 158 Å². The van der Waals surface area contributed by atoms with Gasteiger partial charge >= 0.3 is 0 Å².